The van der Waals surface area contributed by atoms with Crippen LogP contribution in [0, 0.1) is 0 Å². The van der Waals surface area contributed by atoms with E-state index in [1.54, 1.807) is 0 Å². The van der Waals surface area contributed by atoms with Gasteiger partial charge in [-0.25, -0.2) is 0 Å². The highest BCUT2D eigenvalue weighted by atomic mass is 15.0. The number of hydrogen-bond acceptors (Lipinski definition) is 2. The third-order valence-corrected chi connectivity index (χ3v) is 12.8. The van der Waals surface area contributed by atoms with Crippen LogP contribution < -0.4 is 5.73 Å². The van der Waals surface area contributed by atoms with Crippen molar-refractivity contribution >= 4 is 60.7 Å². The Labute approximate surface area is 363 Å². The summed E-state index contributed by atoms with van der Waals surface area (Å²) in [5.74, 6) is 0. The monoisotopic (exact) mass is 800 g/mol. The summed E-state index contributed by atoms with van der Waals surface area (Å²) in [6, 6.07) is 59.4. The third kappa shape index (κ3) is 6.78. The zero-order chi connectivity index (χ0) is 41.4. The average molecular weight is 801 g/mol. The number of nitrogens with two attached hydrogens (primary N) is 1. The van der Waals surface area contributed by atoms with Crippen LogP contribution in [0.2, 0.25) is 0 Å². The van der Waals surface area contributed by atoms with Crippen LogP contribution in [0.15, 0.2) is 205 Å². The summed E-state index contributed by atoms with van der Waals surface area (Å²) < 4.78 is 4.89. The molecule has 0 fully saturated rings. The van der Waals surface area contributed by atoms with Gasteiger partial charge in [-0.2, -0.15) is 0 Å². The Morgan fingerprint density at radius 3 is 2.11 bits per heavy atom. The Morgan fingerprint density at radius 1 is 0.581 bits per heavy atom. The van der Waals surface area contributed by atoms with Gasteiger partial charge in [0.05, 0.1) is 34.3 Å². The van der Waals surface area contributed by atoms with Gasteiger partial charge in [0.15, 0.2) is 0 Å². The zero-order valence-electron chi connectivity index (χ0n) is 34.8. The molecule has 2 heterocycles. The van der Waals surface area contributed by atoms with Gasteiger partial charge in [-0.3, -0.25) is 4.99 Å². The summed E-state index contributed by atoms with van der Waals surface area (Å²) in [5, 5.41) is 5.05. The van der Waals surface area contributed by atoms with Gasteiger partial charge in [-0.15, -0.1) is 0 Å². The minimum absolute atomic E-state index is 0.575. The number of allylic oxidation sites excluding steroid dienone is 7. The standard InChI is InChI=1S/C58H48N4/c59-52(42-18-4-1-5-19-42)38-53(43-20-6-2-7-21-43)60-39-40-17-14-22-44(37-40)47-27-16-32-56-57(47)51-26-11-13-31-55(51)61(56)46-35-33-41(34-36-46)48-28-15-29-50-49-25-10-12-30-54(49)62(58(48)50)45-23-8-3-9-24-45/h1,4-5,8,10-20,22-38H,2-3,6-7,9,21,39,59H2/b52-38-,60-53+. The van der Waals surface area contributed by atoms with Crippen LogP contribution in [-0.4, -0.2) is 14.8 Å². The Morgan fingerprint density at radius 2 is 1.31 bits per heavy atom. The fourth-order valence-electron chi connectivity index (χ4n) is 9.80. The lowest BCUT2D eigenvalue weighted by Gasteiger charge is -2.15. The highest BCUT2D eigenvalue weighted by Gasteiger charge is 2.19. The van der Waals surface area contributed by atoms with Crippen LogP contribution >= 0.6 is 0 Å². The van der Waals surface area contributed by atoms with E-state index in [0.29, 0.717) is 6.54 Å². The number of aromatic nitrogens is 2. The topological polar surface area (TPSA) is 48.2 Å². The highest BCUT2D eigenvalue weighted by molar-refractivity contribution is 6.17. The minimum atomic E-state index is 0.575. The van der Waals surface area contributed by atoms with Crippen molar-refractivity contribution in [2.24, 2.45) is 10.7 Å². The lowest BCUT2D eigenvalue weighted by molar-refractivity contribution is 0.717. The SMILES string of the molecule is N/C(=C\C(=N/Cc1cccc(-c2cccc3c2c2ccccc2n3-c2ccc(-c3cccc4c5ccccc5n(C5=CCCC=C5)c34)cc2)c1)C1=CCCCC1)c1ccccc1. The molecule has 0 atom stereocenters. The second-order valence-electron chi connectivity index (χ2n) is 16.6. The number of rotatable bonds is 9. The van der Waals surface area contributed by atoms with Gasteiger partial charge in [-0.1, -0.05) is 146 Å². The fourth-order valence-corrected chi connectivity index (χ4v) is 9.80. The first-order chi connectivity index (χ1) is 30.7. The molecule has 0 bridgehead atoms. The van der Waals surface area contributed by atoms with E-state index in [2.05, 4.69) is 185 Å². The minimum Gasteiger partial charge on any atom is -0.398 e. The summed E-state index contributed by atoms with van der Waals surface area (Å²) >= 11 is 0. The van der Waals surface area contributed by atoms with Crippen LogP contribution in [-0.2, 0) is 6.54 Å². The Kier molecular flexibility index (Phi) is 9.82. The molecule has 0 amide bonds. The van der Waals surface area contributed by atoms with E-state index < -0.39 is 0 Å². The number of benzene rings is 7. The molecule has 0 spiro atoms. The number of aliphatic imine (C=N–C) groups is 1. The molecule has 11 rings (SSSR count). The molecule has 0 unspecified atom stereocenters. The quantitative estimate of drug-likeness (QED) is 0.145. The average Bonchev–Trinajstić information content (AvgIpc) is 3.87. The van der Waals surface area contributed by atoms with Crippen LogP contribution in [0.4, 0.5) is 0 Å². The summed E-state index contributed by atoms with van der Waals surface area (Å²) in [7, 11) is 0. The molecule has 9 aromatic rings. The van der Waals surface area contributed by atoms with Crippen LogP contribution in [0.5, 0.6) is 0 Å². The van der Waals surface area contributed by atoms with Gasteiger partial charge < -0.3 is 14.9 Å². The molecular weight excluding hydrogens is 753 g/mol. The molecule has 2 aromatic heterocycles. The number of hydrogen-bond donors (Lipinski definition) is 1. The van der Waals surface area contributed by atoms with Crippen molar-refractivity contribution in [3.8, 4) is 27.9 Å². The van der Waals surface area contributed by atoms with E-state index in [-0.39, 0.29) is 0 Å². The molecule has 7 aromatic carbocycles. The number of nitrogens with zero attached hydrogens (tertiary/aromatic N) is 3. The molecule has 0 saturated heterocycles. The molecule has 2 aliphatic carbocycles. The second-order valence-corrected chi connectivity index (χ2v) is 16.6. The smallest absolute Gasteiger partial charge is 0.0647 e. The Hall–Kier alpha value is -7.43. The predicted octanol–water partition coefficient (Wildman–Crippen LogP) is 14.9. The first kappa shape index (κ1) is 37.6. The summed E-state index contributed by atoms with van der Waals surface area (Å²) in [6.07, 6.45) is 18.1. The van der Waals surface area contributed by atoms with Gasteiger partial charge in [0.2, 0.25) is 0 Å². The molecule has 0 radical (unpaired) electrons. The molecule has 62 heavy (non-hydrogen) atoms. The lowest BCUT2D eigenvalue weighted by atomic mass is 9.94. The fraction of sp³-hybridized carbons (Fsp3) is 0.121. The van der Waals surface area contributed by atoms with E-state index in [4.69, 9.17) is 10.7 Å². The van der Waals surface area contributed by atoms with E-state index in [1.807, 2.05) is 18.2 Å². The summed E-state index contributed by atoms with van der Waals surface area (Å²) in [4.78, 5) is 5.24. The van der Waals surface area contributed by atoms with E-state index in [9.17, 15) is 0 Å². The van der Waals surface area contributed by atoms with Crippen LogP contribution in [0.1, 0.15) is 49.7 Å². The highest BCUT2D eigenvalue weighted by Crippen LogP contribution is 2.41. The predicted molar refractivity (Wildman–Crippen MR) is 264 cm³/mol. The van der Waals surface area contributed by atoms with Crippen molar-refractivity contribution in [2.75, 3.05) is 0 Å². The largest absolute Gasteiger partial charge is 0.398 e. The Balaban J connectivity index is 0.975. The van der Waals surface area contributed by atoms with Crippen molar-refractivity contribution < 1.29 is 0 Å². The summed E-state index contributed by atoms with van der Waals surface area (Å²) in [5.41, 5.74) is 24.0. The maximum atomic E-state index is 6.66. The van der Waals surface area contributed by atoms with E-state index in [0.717, 1.165) is 48.3 Å². The van der Waals surface area contributed by atoms with Gasteiger partial charge >= 0.3 is 0 Å². The van der Waals surface area contributed by atoms with Gasteiger partial charge in [0.1, 0.15) is 0 Å². The van der Waals surface area contributed by atoms with Crippen molar-refractivity contribution in [1.29, 1.82) is 0 Å². The van der Waals surface area contributed by atoms with Crippen molar-refractivity contribution in [3.05, 3.63) is 211 Å². The second kappa shape index (κ2) is 16.2. The van der Waals surface area contributed by atoms with Gasteiger partial charge in [0.25, 0.3) is 0 Å². The van der Waals surface area contributed by atoms with Gasteiger partial charge in [0, 0.05) is 44.2 Å². The van der Waals surface area contributed by atoms with E-state index in [1.165, 1.54) is 95.5 Å². The lowest BCUT2D eigenvalue weighted by Crippen LogP contribution is -2.08. The summed E-state index contributed by atoms with van der Waals surface area (Å²) in [6.45, 7) is 0.575. The molecule has 0 aliphatic heterocycles. The molecular formula is C58H48N4. The van der Waals surface area contributed by atoms with Crippen LogP contribution in [0.3, 0.4) is 0 Å². The molecule has 0 saturated carbocycles. The normalized spacial score (nSPS) is 14.8. The molecule has 4 nitrogen and oxygen atoms in total. The van der Waals surface area contributed by atoms with Crippen LogP contribution in [0.25, 0.3) is 82.9 Å². The van der Waals surface area contributed by atoms with E-state index >= 15 is 0 Å². The number of fused-ring (bicyclic) bond motifs is 6. The number of para-hydroxylation sites is 3. The maximum absolute atomic E-state index is 6.66. The van der Waals surface area contributed by atoms with Crippen molar-refractivity contribution in [2.45, 2.75) is 45.1 Å². The van der Waals surface area contributed by atoms with Crippen molar-refractivity contribution in [1.82, 2.24) is 9.13 Å². The first-order valence-electron chi connectivity index (χ1n) is 22.1. The molecule has 4 heteroatoms. The third-order valence-electron chi connectivity index (χ3n) is 12.8. The zero-order valence-corrected chi connectivity index (χ0v) is 34.8. The first-order valence-corrected chi connectivity index (χ1v) is 22.1. The molecule has 300 valence electrons. The molecule has 2 N–H and O–H groups in total. The van der Waals surface area contributed by atoms with Crippen molar-refractivity contribution in [3.63, 3.8) is 0 Å². The molecule has 2 aliphatic rings. The maximum Gasteiger partial charge on any atom is 0.0647 e. The Bertz CT molecular complexity index is 3310. The van der Waals surface area contributed by atoms with Gasteiger partial charge in [-0.05, 0) is 120 Å².